The summed E-state index contributed by atoms with van der Waals surface area (Å²) in [6.45, 7) is 3.72. The lowest BCUT2D eigenvalue weighted by Gasteiger charge is -2.24. The largest absolute Gasteiger partial charge is 0.494 e. The first-order valence-corrected chi connectivity index (χ1v) is 11.1. The molecule has 162 valence electrons. The number of aryl methyl sites for hydroxylation is 1. The molecule has 0 spiro atoms. The molecule has 0 saturated carbocycles. The van der Waals surface area contributed by atoms with Gasteiger partial charge in [-0.25, -0.2) is 12.8 Å². The molecule has 1 amide bonds. The normalized spacial score (nSPS) is 11.1. The van der Waals surface area contributed by atoms with E-state index in [0.717, 1.165) is 22.0 Å². The van der Waals surface area contributed by atoms with Gasteiger partial charge in [-0.15, -0.1) is 0 Å². The van der Waals surface area contributed by atoms with Crippen LogP contribution in [0.5, 0.6) is 5.75 Å². The Morgan fingerprint density at radius 2 is 1.58 bits per heavy atom. The Morgan fingerprint density at radius 3 is 2.16 bits per heavy atom. The molecule has 0 atom stereocenters. The fraction of sp³-hybridized carbons (Fsp3) is 0.174. The summed E-state index contributed by atoms with van der Waals surface area (Å²) in [6, 6.07) is 18.0. The van der Waals surface area contributed by atoms with Crippen LogP contribution in [-0.2, 0) is 14.8 Å². The maximum Gasteiger partial charge on any atom is 0.264 e. The lowest BCUT2D eigenvalue weighted by molar-refractivity contribution is -0.114. The van der Waals surface area contributed by atoms with Crippen molar-refractivity contribution in [2.75, 3.05) is 22.8 Å². The van der Waals surface area contributed by atoms with E-state index in [1.807, 2.05) is 26.0 Å². The van der Waals surface area contributed by atoms with Crippen molar-refractivity contribution in [3.8, 4) is 5.75 Å². The highest BCUT2D eigenvalue weighted by molar-refractivity contribution is 7.92. The van der Waals surface area contributed by atoms with E-state index in [2.05, 4.69) is 5.32 Å². The summed E-state index contributed by atoms with van der Waals surface area (Å²) in [6.07, 6.45) is 0. The van der Waals surface area contributed by atoms with Gasteiger partial charge in [0.15, 0.2) is 0 Å². The van der Waals surface area contributed by atoms with E-state index in [4.69, 9.17) is 4.74 Å². The first kappa shape index (κ1) is 22.3. The third kappa shape index (κ3) is 5.61. The predicted molar refractivity (Wildman–Crippen MR) is 118 cm³/mol. The van der Waals surface area contributed by atoms with E-state index in [0.29, 0.717) is 18.0 Å². The Balaban J connectivity index is 1.90. The molecule has 0 aliphatic carbocycles. The number of amides is 1. The van der Waals surface area contributed by atoms with Gasteiger partial charge in [0, 0.05) is 5.69 Å². The zero-order valence-corrected chi connectivity index (χ0v) is 18.0. The first-order valence-electron chi connectivity index (χ1n) is 9.67. The summed E-state index contributed by atoms with van der Waals surface area (Å²) in [5.74, 6) is -0.499. The van der Waals surface area contributed by atoms with Gasteiger partial charge < -0.3 is 10.1 Å². The minimum Gasteiger partial charge on any atom is -0.494 e. The van der Waals surface area contributed by atoms with Crippen LogP contribution in [0.1, 0.15) is 12.5 Å². The number of hydrogen-bond acceptors (Lipinski definition) is 4. The van der Waals surface area contributed by atoms with Crippen molar-refractivity contribution in [3.63, 3.8) is 0 Å². The number of carbonyl (C=O) groups excluding carboxylic acids is 1. The van der Waals surface area contributed by atoms with Crippen molar-refractivity contribution < 1.29 is 22.3 Å². The summed E-state index contributed by atoms with van der Waals surface area (Å²) < 4.78 is 46.4. The van der Waals surface area contributed by atoms with Crippen LogP contribution < -0.4 is 14.4 Å². The van der Waals surface area contributed by atoms with Gasteiger partial charge in [0.1, 0.15) is 18.1 Å². The standard InChI is InChI=1S/C23H23FN2O4S/c1-3-30-21-12-14-22(15-13-21)31(28,29)26(20-10-6-18(24)7-11-20)16-23(27)25-19-8-4-17(2)5-9-19/h4-15H,3,16H2,1-2H3,(H,25,27). The first-order chi connectivity index (χ1) is 14.8. The average molecular weight is 443 g/mol. The zero-order chi connectivity index (χ0) is 22.4. The molecular formula is C23H23FN2O4S. The molecule has 6 nitrogen and oxygen atoms in total. The van der Waals surface area contributed by atoms with E-state index in [-0.39, 0.29) is 10.6 Å². The average Bonchev–Trinajstić information content (AvgIpc) is 2.75. The number of benzene rings is 3. The number of nitrogens with one attached hydrogen (secondary N) is 1. The van der Waals surface area contributed by atoms with Crippen LogP contribution in [0.15, 0.2) is 77.7 Å². The fourth-order valence-electron chi connectivity index (χ4n) is 2.89. The van der Waals surface area contributed by atoms with E-state index in [9.17, 15) is 17.6 Å². The van der Waals surface area contributed by atoms with Crippen LogP contribution >= 0.6 is 0 Å². The topological polar surface area (TPSA) is 75.7 Å². The summed E-state index contributed by atoms with van der Waals surface area (Å²) in [5.41, 5.74) is 1.76. The Kier molecular flexibility index (Phi) is 6.91. The van der Waals surface area contributed by atoms with Crippen LogP contribution in [-0.4, -0.2) is 27.5 Å². The molecule has 1 N–H and O–H groups in total. The van der Waals surface area contributed by atoms with Crippen molar-refractivity contribution in [3.05, 3.63) is 84.2 Å². The number of ether oxygens (including phenoxy) is 1. The fourth-order valence-corrected chi connectivity index (χ4v) is 4.31. The highest BCUT2D eigenvalue weighted by atomic mass is 32.2. The van der Waals surface area contributed by atoms with Crippen LogP contribution in [0.25, 0.3) is 0 Å². The Morgan fingerprint density at radius 1 is 0.968 bits per heavy atom. The van der Waals surface area contributed by atoms with Crippen molar-refractivity contribution in [2.45, 2.75) is 18.7 Å². The smallest absolute Gasteiger partial charge is 0.264 e. The number of nitrogens with zero attached hydrogens (tertiary/aromatic N) is 1. The monoisotopic (exact) mass is 442 g/mol. The lowest BCUT2D eigenvalue weighted by Crippen LogP contribution is -2.38. The highest BCUT2D eigenvalue weighted by Gasteiger charge is 2.27. The summed E-state index contributed by atoms with van der Waals surface area (Å²) >= 11 is 0. The molecule has 0 saturated heterocycles. The molecule has 31 heavy (non-hydrogen) atoms. The van der Waals surface area contributed by atoms with Gasteiger partial charge in [-0.3, -0.25) is 9.10 Å². The molecule has 3 aromatic rings. The van der Waals surface area contributed by atoms with Crippen LogP contribution in [0.4, 0.5) is 15.8 Å². The second kappa shape index (κ2) is 9.61. The molecule has 3 aromatic carbocycles. The van der Waals surface area contributed by atoms with Crippen molar-refractivity contribution in [1.82, 2.24) is 0 Å². The van der Waals surface area contributed by atoms with Crippen molar-refractivity contribution >= 4 is 27.3 Å². The van der Waals surface area contributed by atoms with Crippen LogP contribution in [0.2, 0.25) is 0 Å². The number of anilines is 2. The minimum absolute atomic E-state index is 0.0107. The summed E-state index contributed by atoms with van der Waals surface area (Å²) in [7, 11) is -4.10. The Bertz CT molecular complexity index is 1130. The Hall–Kier alpha value is -3.39. The van der Waals surface area contributed by atoms with E-state index >= 15 is 0 Å². The molecule has 0 aliphatic rings. The third-order valence-corrected chi connectivity index (χ3v) is 6.25. The molecule has 8 heteroatoms. The molecule has 0 radical (unpaired) electrons. The number of hydrogen-bond donors (Lipinski definition) is 1. The summed E-state index contributed by atoms with van der Waals surface area (Å²) in [4.78, 5) is 12.6. The van der Waals surface area contributed by atoms with Crippen molar-refractivity contribution in [2.24, 2.45) is 0 Å². The van der Waals surface area contributed by atoms with Crippen molar-refractivity contribution in [1.29, 1.82) is 0 Å². The number of rotatable bonds is 8. The SMILES string of the molecule is CCOc1ccc(S(=O)(=O)N(CC(=O)Nc2ccc(C)cc2)c2ccc(F)cc2)cc1. The second-order valence-electron chi connectivity index (χ2n) is 6.81. The quantitative estimate of drug-likeness (QED) is 0.562. The minimum atomic E-state index is -4.10. The maximum atomic E-state index is 13.4. The molecular weight excluding hydrogens is 419 g/mol. The molecule has 0 aliphatic heterocycles. The van der Waals surface area contributed by atoms with Crippen LogP contribution in [0, 0.1) is 12.7 Å². The second-order valence-corrected chi connectivity index (χ2v) is 8.67. The number of sulfonamides is 1. The van der Waals surface area contributed by atoms with Gasteiger partial charge in [-0.2, -0.15) is 0 Å². The number of carbonyl (C=O) groups is 1. The zero-order valence-electron chi connectivity index (χ0n) is 17.2. The maximum absolute atomic E-state index is 13.4. The molecule has 0 fully saturated rings. The Labute approximate surface area is 181 Å². The van der Waals surface area contributed by atoms with Gasteiger partial charge in [0.05, 0.1) is 17.2 Å². The molecule has 0 aromatic heterocycles. The summed E-state index contributed by atoms with van der Waals surface area (Å²) in [5, 5.41) is 2.69. The van der Waals surface area contributed by atoms with E-state index in [1.165, 1.54) is 24.3 Å². The van der Waals surface area contributed by atoms with Gasteiger partial charge in [-0.1, -0.05) is 17.7 Å². The molecule has 0 unspecified atom stereocenters. The lowest BCUT2D eigenvalue weighted by atomic mass is 10.2. The molecule has 0 bridgehead atoms. The molecule has 0 heterocycles. The van der Waals surface area contributed by atoms with Gasteiger partial charge in [0.25, 0.3) is 10.0 Å². The van der Waals surface area contributed by atoms with E-state index in [1.54, 1.807) is 24.3 Å². The molecule has 3 rings (SSSR count). The highest BCUT2D eigenvalue weighted by Crippen LogP contribution is 2.25. The predicted octanol–water partition coefficient (Wildman–Crippen LogP) is 4.37. The van der Waals surface area contributed by atoms with Gasteiger partial charge in [0.2, 0.25) is 5.91 Å². The van der Waals surface area contributed by atoms with E-state index < -0.39 is 28.3 Å². The van der Waals surface area contributed by atoms with Crippen LogP contribution in [0.3, 0.4) is 0 Å². The van der Waals surface area contributed by atoms with Gasteiger partial charge >= 0.3 is 0 Å². The number of halogens is 1. The third-order valence-electron chi connectivity index (χ3n) is 4.46. The van der Waals surface area contributed by atoms with Gasteiger partial charge in [-0.05, 0) is 74.5 Å².